The molecule has 0 radical (unpaired) electrons. The highest BCUT2D eigenvalue weighted by atomic mass is 35.5. The van der Waals surface area contributed by atoms with E-state index in [1.807, 2.05) is 0 Å². The fourth-order valence-corrected chi connectivity index (χ4v) is 4.36. The van der Waals surface area contributed by atoms with Crippen LogP contribution >= 0.6 is 11.6 Å². The number of sulfonamides is 2. The minimum absolute atomic E-state index is 0.0265. The van der Waals surface area contributed by atoms with E-state index >= 15 is 0 Å². The van der Waals surface area contributed by atoms with E-state index in [-0.39, 0.29) is 4.90 Å². The molecule has 11 heteroatoms. The van der Waals surface area contributed by atoms with Gasteiger partial charge in [-0.25, -0.2) is 16.8 Å². The molecule has 0 bridgehead atoms. The van der Waals surface area contributed by atoms with Crippen LogP contribution in [-0.2, 0) is 20.0 Å². The Morgan fingerprint density at radius 2 is 1.34 bits per heavy atom. The van der Waals surface area contributed by atoms with Crippen LogP contribution in [0.4, 0.5) is 17.1 Å². The van der Waals surface area contributed by atoms with E-state index in [1.54, 1.807) is 24.3 Å². The second-order valence-electron chi connectivity index (χ2n) is 6.87. The maximum absolute atomic E-state index is 12.5. The minimum atomic E-state index is -3.81. The molecule has 0 saturated carbocycles. The highest BCUT2D eigenvalue weighted by molar-refractivity contribution is 7.92. The lowest BCUT2D eigenvalue weighted by molar-refractivity contribution is 0.102. The quantitative estimate of drug-likeness (QED) is 0.520. The second kappa shape index (κ2) is 9.19. The SMILES string of the molecule is CN(c1ccc(C(=O)Nc2ccc(S(=O)(=O)Nc3ccc(Cl)cc3)cc2)cc1)S(C)(=O)=O. The van der Waals surface area contributed by atoms with Crippen LogP contribution in [0.2, 0.25) is 5.02 Å². The first-order valence-corrected chi connectivity index (χ1v) is 12.9. The number of rotatable bonds is 7. The zero-order valence-electron chi connectivity index (χ0n) is 17.1. The average Bonchev–Trinajstić information content (AvgIpc) is 2.74. The van der Waals surface area contributed by atoms with Gasteiger partial charge in [-0.15, -0.1) is 0 Å². The van der Waals surface area contributed by atoms with Gasteiger partial charge in [-0.2, -0.15) is 0 Å². The summed E-state index contributed by atoms with van der Waals surface area (Å²) in [5, 5.41) is 3.16. The summed E-state index contributed by atoms with van der Waals surface area (Å²) >= 11 is 5.80. The lowest BCUT2D eigenvalue weighted by atomic mass is 10.2. The zero-order chi connectivity index (χ0) is 23.5. The number of anilines is 3. The smallest absolute Gasteiger partial charge is 0.261 e. The maximum Gasteiger partial charge on any atom is 0.261 e. The largest absolute Gasteiger partial charge is 0.322 e. The van der Waals surface area contributed by atoms with Crippen molar-refractivity contribution in [1.29, 1.82) is 0 Å². The highest BCUT2D eigenvalue weighted by Gasteiger charge is 2.15. The lowest BCUT2D eigenvalue weighted by Gasteiger charge is -2.16. The van der Waals surface area contributed by atoms with E-state index in [1.165, 1.54) is 55.6 Å². The number of amides is 1. The summed E-state index contributed by atoms with van der Waals surface area (Å²) in [7, 11) is -5.79. The van der Waals surface area contributed by atoms with Crippen LogP contribution < -0.4 is 14.3 Å². The highest BCUT2D eigenvalue weighted by Crippen LogP contribution is 2.21. The molecule has 8 nitrogen and oxygen atoms in total. The van der Waals surface area contributed by atoms with Crippen molar-refractivity contribution >= 4 is 54.6 Å². The van der Waals surface area contributed by atoms with Gasteiger partial charge < -0.3 is 5.32 Å². The van der Waals surface area contributed by atoms with Gasteiger partial charge in [0, 0.05) is 29.0 Å². The van der Waals surface area contributed by atoms with Crippen LogP contribution in [-0.4, -0.2) is 36.0 Å². The summed E-state index contributed by atoms with van der Waals surface area (Å²) in [5.74, 6) is -0.423. The van der Waals surface area contributed by atoms with Crippen LogP contribution in [0, 0.1) is 0 Å². The van der Waals surface area contributed by atoms with Crippen molar-refractivity contribution in [3.63, 3.8) is 0 Å². The topological polar surface area (TPSA) is 113 Å². The summed E-state index contributed by atoms with van der Waals surface area (Å²) in [6, 6.07) is 18.0. The van der Waals surface area contributed by atoms with Gasteiger partial charge in [0.1, 0.15) is 0 Å². The van der Waals surface area contributed by atoms with Crippen LogP contribution in [0.5, 0.6) is 0 Å². The normalized spacial score (nSPS) is 11.6. The average molecular weight is 494 g/mol. The third kappa shape index (κ3) is 5.78. The Morgan fingerprint density at radius 1 is 0.812 bits per heavy atom. The van der Waals surface area contributed by atoms with Gasteiger partial charge in [0.2, 0.25) is 10.0 Å². The number of halogens is 1. The molecule has 1 amide bonds. The number of nitrogens with one attached hydrogen (secondary N) is 2. The summed E-state index contributed by atoms with van der Waals surface area (Å²) in [5.41, 5.74) is 1.51. The molecule has 168 valence electrons. The van der Waals surface area contributed by atoms with Gasteiger partial charge in [0.25, 0.3) is 15.9 Å². The first-order valence-electron chi connectivity index (χ1n) is 9.19. The predicted molar refractivity (Wildman–Crippen MR) is 126 cm³/mol. The Kier molecular flexibility index (Phi) is 6.77. The first kappa shape index (κ1) is 23.6. The van der Waals surface area contributed by atoms with Crippen molar-refractivity contribution in [2.45, 2.75) is 4.90 Å². The summed E-state index contributed by atoms with van der Waals surface area (Å²) in [6.07, 6.45) is 1.09. The van der Waals surface area contributed by atoms with E-state index in [9.17, 15) is 21.6 Å². The van der Waals surface area contributed by atoms with E-state index in [2.05, 4.69) is 10.0 Å². The van der Waals surface area contributed by atoms with Gasteiger partial charge in [-0.1, -0.05) is 11.6 Å². The monoisotopic (exact) mass is 493 g/mol. The number of nitrogens with zero attached hydrogens (tertiary/aromatic N) is 1. The predicted octanol–water partition coefficient (Wildman–Crippen LogP) is 3.79. The Balaban J connectivity index is 1.68. The van der Waals surface area contributed by atoms with Gasteiger partial charge in [-0.05, 0) is 72.8 Å². The van der Waals surface area contributed by atoms with E-state index < -0.39 is 26.0 Å². The Bertz CT molecular complexity index is 1320. The molecule has 0 saturated heterocycles. The maximum atomic E-state index is 12.5. The standard InChI is InChI=1S/C21H20ClN3O5S2/c1-25(31(2,27)28)19-11-3-15(4-12-19)21(26)23-17-9-13-20(14-10-17)32(29,30)24-18-7-5-16(22)6-8-18/h3-14,24H,1-2H3,(H,23,26). The molecule has 0 aliphatic heterocycles. The number of hydrogen-bond acceptors (Lipinski definition) is 5. The van der Waals surface area contributed by atoms with Gasteiger partial charge >= 0.3 is 0 Å². The van der Waals surface area contributed by atoms with Crippen molar-refractivity contribution in [2.75, 3.05) is 27.6 Å². The van der Waals surface area contributed by atoms with Crippen LogP contribution in [0.3, 0.4) is 0 Å². The van der Waals surface area contributed by atoms with Crippen molar-refractivity contribution in [2.24, 2.45) is 0 Å². The molecule has 0 aromatic heterocycles. The summed E-state index contributed by atoms with van der Waals surface area (Å²) in [4.78, 5) is 12.5. The first-order chi connectivity index (χ1) is 15.0. The molecular weight excluding hydrogens is 474 g/mol. The van der Waals surface area contributed by atoms with Crippen molar-refractivity contribution in [3.8, 4) is 0 Å². The Labute approximate surface area is 191 Å². The number of carbonyl (C=O) groups excluding carboxylic acids is 1. The molecule has 0 fully saturated rings. The van der Waals surface area contributed by atoms with Crippen molar-refractivity contribution in [3.05, 3.63) is 83.4 Å². The molecule has 0 heterocycles. The lowest BCUT2D eigenvalue weighted by Crippen LogP contribution is -2.24. The molecule has 3 aromatic rings. The minimum Gasteiger partial charge on any atom is -0.322 e. The molecular formula is C21H20ClN3O5S2. The molecule has 3 rings (SSSR count). The number of hydrogen-bond donors (Lipinski definition) is 2. The van der Waals surface area contributed by atoms with Gasteiger partial charge in [0.05, 0.1) is 16.8 Å². The van der Waals surface area contributed by atoms with Crippen molar-refractivity contribution in [1.82, 2.24) is 0 Å². The van der Waals surface area contributed by atoms with Crippen molar-refractivity contribution < 1.29 is 21.6 Å². The van der Waals surface area contributed by atoms with Gasteiger partial charge in [0.15, 0.2) is 0 Å². The molecule has 0 aliphatic carbocycles. The third-order valence-electron chi connectivity index (χ3n) is 4.51. The molecule has 0 spiro atoms. The van der Waals surface area contributed by atoms with E-state index in [0.717, 1.165) is 10.6 Å². The number of carbonyl (C=O) groups is 1. The molecule has 32 heavy (non-hydrogen) atoms. The van der Waals surface area contributed by atoms with Crippen LogP contribution in [0.15, 0.2) is 77.7 Å². The fraction of sp³-hybridized carbons (Fsp3) is 0.0952. The molecule has 2 N–H and O–H groups in total. The molecule has 3 aromatic carbocycles. The summed E-state index contributed by atoms with van der Waals surface area (Å²) in [6.45, 7) is 0. The van der Waals surface area contributed by atoms with Crippen LogP contribution in [0.1, 0.15) is 10.4 Å². The van der Waals surface area contributed by atoms with Gasteiger partial charge in [-0.3, -0.25) is 13.8 Å². The Morgan fingerprint density at radius 3 is 1.88 bits per heavy atom. The second-order valence-corrected chi connectivity index (χ2v) is 11.0. The summed E-state index contributed by atoms with van der Waals surface area (Å²) < 4.78 is 51.8. The third-order valence-corrected chi connectivity index (χ3v) is 7.36. The van der Waals surface area contributed by atoms with E-state index in [0.29, 0.717) is 27.6 Å². The molecule has 0 unspecified atom stereocenters. The fourth-order valence-electron chi connectivity index (χ4n) is 2.67. The van der Waals surface area contributed by atoms with Crippen LogP contribution in [0.25, 0.3) is 0 Å². The Hall–Kier alpha value is -3.08. The van der Waals surface area contributed by atoms with E-state index in [4.69, 9.17) is 11.6 Å². The molecule has 0 aliphatic rings. The zero-order valence-corrected chi connectivity index (χ0v) is 19.5. The molecule has 0 atom stereocenters. The number of benzene rings is 3.